The van der Waals surface area contributed by atoms with Crippen molar-refractivity contribution in [1.29, 1.82) is 0 Å². The lowest BCUT2D eigenvalue weighted by molar-refractivity contribution is 0.388. The molecule has 1 aromatic rings. The summed E-state index contributed by atoms with van der Waals surface area (Å²) in [6.45, 7) is 0.665. The van der Waals surface area contributed by atoms with Gasteiger partial charge >= 0.3 is 0 Å². The van der Waals surface area contributed by atoms with Crippen molar-refractivity contribution in [2.45, 2.75) is 0 Å². The van der Waals surface area contributed by atoms with Crippen LogP contribution < -0.4 is 4.74 Å². The molecule has 3 heteroatoms. The van der Waals surface area contributed by atoms with Gasteiger partial charge in [-0.2, -0.15) is 0 Å². The zero-order valence-electron chi connectivity index (χ0n) is 6.18. The molecule has 1 aliphatic rings. The van der Waals surface area contributed by atoms with Gasteiger partial charge < -0.3 is 4.74 Å². The highest BCUT2D eigenvalue weighted by molar-refractivity contribution is 14.1. The van der Waals surface area contributed by atoms with Gasteiger partial charge in [0.25, 0.3) is 0 Å². The maximum atomic E-state index is 5.86. The predicted octanol–water partition coefficient (Wildman–Crippen LogP) is 3.51. The van der Waals surface area contributed by atoms with Crippen LogP contribution in [0, 0.1) is 0 Å². The highest BCUT2D eigenvalue weighted by Crippen LogP contribution is 2.35. The van der Waals surface area contributed by atoms with E-state index >= 15 is 0 Å². The Morgan fingerprint density at radius 1 is 1.50 bits per heavy atom. The Morgan fingerprint density at radius 3 is 3.08 bits per heavy atom. The van der Waals surface area contributed by atoms with Crippen LogP contribution in [0.4, 0.5) is 0 Å². The van der Waals surface area contributed by atoms with Crippen LogP contribution in [0.15, 0.2) is 22.3 Å². The van der Waals surface area contributed by atoms with Gasteiger partial charge in [0.1, 0.15) is 12.4 Å². The monoisotopic (exact) mass is 292 g/mol. The van der Waals surface area contributed by atoms with Gasteiger partial charge in [-0.1, -0.05) is 34.2 Å². The second-order valence-electron chi connectivity index (χ2n) is 2.56. The van der Waals surface area contributed by atoms with Gasteiger partial charge in [0, 0.05) is 16.2 Å². The fourth-order valence-electron chi connectivity index (χ4n) is 1.20. The van der Waals surface area contributed by atoms with E-state index in [1.54, 1.807) is 0 Å². The van der Waals surface area contributed by atoms with Crippen molar-refractivity contribution in [1.82, 2.24) is 0 Å². The molecule has 0 saturated heterocycles. The lowest BCUT2D eigenvalue weighted by Crippen LogP contribution is -1.85. The molecule has 0 atom stereocenters. The summed E-state index contributed by atoms with van der Waals surface area (Å²) in [5.41, 5.74) is 2.32. The third kappa shape index (κ3) is 1.33. The summed E-state index contributed by atoms with van der Waals surface area (Å²) < 4.78 is 7.45. The van der Waals surface area contributed by atoms with Gasteiger partial charge in [0.2, 0.25) is 0 Å². The second-order valence-corrected chi connectivity index (χ2v) is 3.62. The molecule has 0 radical (unpaired) electrons. The first-order chi connectivity index (χ1) is 5.81. The van der Waals surface area contributed by atoms with Gasteiger partial charge in [0.05, 0.1) is 0 Å². The number of benzene rings is 1. The Morgan fingerprint density at radius 2 is 2.33 bits per heavy atom. The Hall–Kier alpha value is -0.220. The number of rotatable bonds is 0. The Labute approximate surface area is 89.5 Å². The van der Waals surface area contributed by atoms with Gasteiger partial charge in [-0.25, -0.2) is 0 Å². The molecule has 62 valence electrons. The molecule has 0 N–H and O–H groups in total. The van der Waals surface area contributed by atoms with Crippen LogP contribution in [0.1, 0.15) is 5.56 Å². The molecule has 1 nitrogen and oxygen atoms in total. The molecule has 1 aliphatic heterocycles. The molecular formula is C9H6ClIO. The van der Waals surface area contributed by atoms with Crippen molar-refractivity contribution in [3.05, 3.63) is 32.9 Å². The smallest absolute Gasteiger partial charge is 0.127 e. The molecule has 0 aliphatic carbocycles. The van der Waals surface area contributed by atoms with E-state index in [0.29, 0.717) is 6.61 Å². The average molecular weight is 293 g/mol. The zero-order valence-corrected chi connectivity index (χ0v) is 9.09. The van der Waals surface area contributed by atoms with E-state index in [1.165, 1.54) is 5.57 Å². The molecule has 0 saturated carbocycles. The minimum Gasteiger partial charge on any atom is -0.488 e. The molecule has 0 aromatic heterocycles. The van der Waals surface area contributed by atoms with E-state index in [0.717, 1.165) is 16.3 Å². The van der Waals surface area contributed by atoms with Crippen LogP contribution in [0.2, 0.25) is 5.02 Å². The molecular weight excluding hydrogens is 286 g/mol. The van der Waals surface area contributed by atoms with Crippen molar-refractivity contribution < 1.29 is 4.74 Å². The normalized spacial score (nSPS) is 17.7. The van der Waals surface area contributed by atoms with Crippen LogP contribution in [-0.4, -0.2) is 6.61 Å². The highest BCUT2D eigenvalue weighted by atomic mass is 127. The summed E-state index contributed by atoms with van der Waals surface area (Å²) in [5, 5.41) is 0.759. The highest BCUT2D eigenvalue weighted by Gasteiger charge is 2.16. The van der Waals surface area contributed by atoms with Crippen LogP contribution in [0.25, 0.3) is 5.57 Å². The summed E-state index contributed by atoms with van der Waals surface area (Å²) >= 11 is 8.07. The molecule has 0 amide bonds. The van der Waals surface area contributed by atoms with Crippen molar-refractivity contribution in [2.24, 2.45) is 0 Å². The minimum absolute atomic E-state index is 0.665. The SMILES string of the molecule is Clc1ccc2c(c1)/C(=C\I)CO2. The Bertz CT molecular complexity index is 346. The van der Waals surface area contributed by atoms with Gasteiger partial charge in [0.15, 0.2) is 0 Å². The molecule has 0 spiro atoms. The second kappa shape index (κ2) is 3.26. The van der Waals surface area contributed by atoms with Gasteiger partial charge in [-0.3, -0.25) is 0 Å². The van der Waals surface area contributed by atoms with Crippen LogP contribution in [0.3, 0.4) is 0 Å². The van der Waals surface area contributed by atoms with E-state index < -0.39 is 0 Å². The van der Waals surface area contributed by atoms with Crippen LogP contribution in [0.5, 0.6) is 5.75 Å². The molecule has 0 fully saturated rings. The third-order valence-corrected chi connectivity index (χ3v) is 2.79. The summed E-state index contributed by atoms with van der Waals surface area (Å²) in [7, 11) is 0. The topological polar surface area (TPSA) is 9.23 Å². The van der Waals surface area contributed by atoms with Gasteiger partial charge in [-0.15, -0.1) is 0 Å². The van der Waals surface area contributed by atoms with Crippen LogP contribution in [-0.2, 0) is 0 Å². The number of hydrogen-bond donors (Lipinski definition) is 0. The van der Waals surface area contributed by atoms with E-state index in [2.05, 4.69) is 22.6 Å². The van der Waals surface area contributed by atoms with E-state index in [4.69, 9.17) is 16.3 Å². The molecule has 12 heavy (non-hydrogen) atoms. The van der Waals surface area contributed by atoms with E-state index in [9.17, 15) is 0 Å². The maximum Gasteiger partial charge on any atom is 0.127 e. The quantitative estimate of drug-likeness (QED) is 0.665. The molecule has 1 heterocycles. The summed E-state index contributed by atoms with van der Waals surface area (Å²) in [6, 6.07) is 5.69. The average Bonchev–Trinajstić information content (AvgIpc) is 2.46. The zero-order chi connectivity index (χ0) is 8.55. The first-order valence-electron chi connectivity index (χ1n) is 3.53. The fraction of sp³-hybridized carbons (Fsp3) is 0.111. The lowest BCUT2D eigenvalue weighted by atomic mass is 10.1. The van der Waals surface area contributed by atoms with Crippen molar-refractivity contribution in [3.8, 4) is 5.75 Å². The summed E-state index contributed by atoms with van der Waals surface area (Å²) in [4.78, 5) is 0. The fourth-order valence-corrected chi connectivity index (χ4v) is 1.89. The number of hydrogen-bond acceptors (Lipinski definition) is 1. The minimum atomic E-state index is 0.665. The van der Waals surface area contributed by atoms with E-state index in [-0.39, 0.29) is 0 Å². The Balaban J connectivity index is 2.57. The third-order valence-electron chi connectivity index (χ3n) is 1.80. The summed E-state index contributed by atoms with van der Waals surface area (Å²) in [6.07, 6.45) is 0. The van der Waals surface area contributed by atoms with Crippen LogP contribution >= 0.6 is 34.2 Å². The summed E-state index contributed by atoms with van der Waals surface area (Å²) in [5.74, 6) is 0.933. The first kappa shape index (κ1) is 8.38. The predicted molar refractivity (Wildman–Crippen MR) is 58.9 cm³/mol. The van der Waals surface area contributed by atoms with Gasteiger partial charge in [-0.05, 0) is 22.3 Å². The molecule has 0 unspecified atom stereocenters. The number of fused-ring (bicyclic) bond motifs is 1. The lowest BCUT2D eigenvalue weighted by Gasteiger charge is -1.96. The standard InChI is InChI=1S/C9H6ClIO/c10-7-1-2-9-8(3-7)6(4-11)5-12-9/h1-4H,5H2/b6-4-. The maximum absolute atomic E-state index is 5.86. The molecule has 0 bridgehead atoms. The first-order valence-corrected chi connectivity index (χ1v) is 5.15. The number of ether oxygens (including phenoxy) is 1. The van der Waals surface area contributed by atoms with Crippen molar-refractivity contribution in [2.75, 3.05) is 6.61 Å². The van der Waals surface area contributed by atoms with E-state index in [1.807, 2.05) is 22.3 Å². The van der Waals surface area contributed by atoms with Crippen molar-refractivity contribution in [3.63, 3.8) is 0 Å². The molecule has 2 rings (SSSR count). The van der Waals surface area contributed by atoms with Crippen molar-refractivity contribution >= 4 is 39.8 Å². The Kier molecular flexibility index (Phi) is 2.28. The number of halogens is 2. The molecule has 1 aromatic carbocycles. The largest absolute Gasteiger partial charge is 0.488 e.